The highest BCUT2D eigenvalue weighted by atomic mass is 35.5. The summed E-state index contributed by atoms with van der Waals surface area (Å²) in [5, 5.41) is 8.95. The van der Waals surface area contributed by atoms with Gasteiger partial charge in [0.25, 0.3) is 0 Å². The number of rotatable bonds is 7. The lowest BCUT2D eigenvalue weighted by Gasteiger charge is -2.11. The first kappa shape index (κ1) is 16.2. The van der Waals surface area contributed by atoms with E-state index in [-0.39, 0.29) is 41.4 Å². The molecule has 0 atom stereocenters. The Kier molecular flexibility index (Phi) is 6.18. The molecule has 6 heteroatoms. The number of hydrogen-bond acceptors (Lipinski definition) is 4. The number of benzene rings is 1. The van der Waals surface area contributed by atoms with E-state index in [0.717, 1.165) is 0 Å². The molecule has 0 aliphatic rings. The summed E-state index contributed by atoms with van der Waals surface area (Å²) in [6.45, 7) is 1.82. The molecular formula is C14H15ClO5. The second-order valence-corrected chi connectivity index (χ2v) is 4.36. The van der Waals surface area contributed by atoms with E-state index in [4.69, 9.17) is 21.4 Å². The Hall–Kier alpha value is -1.88. The third-order valence-corrected chi connectivity index (χ3v) is 2.81. The van der Waals surface area contributed by atoms with Crippen LogP contribution >= 0.6 is 11.6 Å². The lowest BCUT2D eigenvalue weighted by atomic mass is 9.94. The van der Waals surface area contributed by atoms with Gasteiger partial charge >= 0.3 is 11.9 Å². The van der Waals surface area contributed by atoms with Crippen LogP contribution < -0.4 is 0 Å². The van der Waals surface area contributed by atoms with Crippen molar-refractivity contribution in [2.45, 2.75) is 19.8 Å². The number of esters is 1. The highest BCUT2D eigenvalue weighted by Crippen LogP contribution is 2.19. The fourth-order valence-electron chi connectivity index (χ4n) is 1.81. The van der Waals surface area contributed by atoms with Crippen molar-refractivity contribution in [2.24, 2.45) is 0 Å². The van der Waals surface area contributed by atoms with Gasteiger partial charge in [0.05, 0.1) is 18.6 Å². The highest BCUT2D eigenvalue weighted by molar-refractivity contribution is 6.19. The van der Waals surface area contributed by atoms with Crippen molar-refractivity contribution in [3.8, 4) is 0 Å². The lowest BCUT2D eigenvalue weighted by molar-refractivity contribution is -0.136. The Morgan fingerprint density at radius 1 is 1.25 bits per heavy atom. The fourth-order valence-corrected chi connectivity index (χ4v) is 1.98. The molecule has 0 saturated carbocycles. The van der Waals surface area contributed by atoms with Crippen LogP contribution in [-0.4, -0.2) is 35.3 Å². The topological polar surface area (TPSA) is 80.7 Å². The molecular weight excluding hydrogens is 284 g/mol. The van der Waals surface area contributed by atoms with Gasteiger partial charge in [-0.3, -0.25) is 9.59 Å². The largest absolute Gasteiger partial charge is 0.481 e. The van der Waals surface area contributed by atoms with E-state index < -0.39 is 18.4 Å². The minimum Gasteiger partial charge on any atom is -0.481 e. The number of hydrogen-bond donors (Lipinski definition) is 1. The molecule has 0 bridgehead atoms. The predicted octanol–water partition coefficient (Wildman–Crippen LogP) is 2.30. The number of alkyl halides is 1. The van der Waals surface area contributed by atoms with Crippen molar-refractivity contribution < 1.29 is 24.2 Å². The number of carbonyl (C=O) groups is 3. The van der Waals surface area contributed by atoms with Gasteiger partial charge < -0.3 is 9.84 Å². The van der Waals surface area contributed by atoms with Crippen LogP contribution in [0.1, 0.15) is 39.6 Å². The van der Waals surface area contributed by atoms with Crippen molar-refractivity contribution in [3.63, 3.8) is 0 Å². The highest BCUT2D eigenvalue weighted by Gasteiger charge is 2.21. The van der Waals surface area contributed by atoms with Crippen LogP contribution in [0.2, 0.25) is 0 Å². The monoisotopic (exact) mass is 298 g/mol. The smallest absolute Gasteiger partial charge is 0.338 e. The van der Waals surface area contributed by atoms with E-state index in [9.17, 15) is 14.4 Å². The summed E-state index contributed by atoms with van der Waals surface area (Å²) in [6.07, 6.45) is -0.335. The molecule has 0 unspecified atom stereocenters. The maximum atomic E-state index is 12.0. The Labute approximate surface area is 121 Å². The molecule has 0 amide bonds. The SMILES string of the molecule is CCOC(=O)c1cccc(C(=O)CCCl)c1CC(=O)O. The minimum atomic E-state index is -1.12. The second-order valence-electron chi connectivity index (χ2n) is 3.98. The quantitative estimate of drug-likeness (QED) is 0.474. The normalized spacial score (nSPS) is 10.1. The molecule has 5 nitrogen and oxygen atoms in total. The molecule has 1 N–H and O–H groups in total. The van der Waals surface area contributed by atoms with Crippen LogP contribution in [0.25, 0.3) is 0 Å². The first-order chi connectivity index (χ1) is 9.51. The molecule has 0 aliphatic heterocycles. The molecule has 20 heavy (non-hydrogen) atoms. The molecule has 108 valence electrons. The van der Waals surface area contributed by atoms with Gasteiger partial charge in [-0.1, -0.05) is 12.1 Å². The number of halogens is 1. The number of carbonyl (C=O) groups excluding carboxylic acids is 2. The molecule has 1 aromatic rings. The van der Waals surface area contributed by atoms with E-state index in [1.807, 2.05) is 0 Å². The predicted molar refractivity (Wildman–Crippen MR) is 73.4 cm³/mol. The average Bonchev–Trinajstić information content (AvgIpc) is 2.38. The molecule has 0 radical (unpaired) electrons. The van der Waals surface area contributed by atoms with Crippen LogP contribution in [0.5, 0.6) is 0 Å². The summed E-state index contributed by atoms with van der Waals surface area (Å²) >= 11 is 5.53. The maximum Gasteiger partial charge on any atom is 0.338 e. The molecule has 1 aromatic carbocycles. The molecule has 0 aromatic heterocycles. The molecule has 0 fully saturated rings. The third kappa shape index (κ3) is 4.06. The fraction of sp³-hybridized carbons (Fsp3) is 0.357. The van der Waals surface area contributed by atoms with Crippen molar-refractivity contribution in [2.75, 3.05) is 12.5 Å². The Morgan fingerprint density at radius 2 is 1.90 bits per heavy atom. The Morgan fingerprint density at radius 3 is 2.45 bits per heavy atom. The summed E-state index contributed by atoms with van der Waals surface area (Å²) in [4.78, 5) is 34.7. The Bertz CT molecular complexity index is 488. The summed E-state index contributed by atoms with van der Waals surface area (Å²) in [7, 11) is 0. The van der Waals surface area contributed by atoms with Gasteiger partial charge in [-0.2, -0.15) is 0 Å². The molecule has 0 heterocycles. The summed E-state index contributed by atoms with van der Waals surface area (Å²) in [5.41, 5.74) is 0.488. The van der Waals surface area contributed by atoms with Gasteiger partial charge in [0, 0.05) is 17.9 Å². The van der Waals surface area contributed by atoms with Crippen molar-refractivity contribution in [3.05, 3.63) is 34.9 Å². The van der Waals surface area contributed by atoms with E-state index in [2.05, 4.69) is 0 Å². The number of ketones is 1. The summed E-state index contributed by atoms with van der Waals surface area (Å²) in [6, 6.07) is 4.47. The van der Waals surface area contributed by atoms with Gasteiger partial charge in [0.2, 0.25) is 0 Å². The molecule has 0 saturated heterocycles. The summed E-state index contributed by atoms with van der Waals surface area (Å²) in [5.74, 6) is -1.91. The first-order valence-electron chi connectivity index (χ1n) is 6.11. The molecule has 1 rings (SSSR count). The van der Waals surface area contributed by atoms with E-state index >= 15 is 0 Å². The number of carboxylic acid groups (broad SMARTS) is 1. The zero-order valence-corrected chi connectivity index (χ0v) is 11.8. The number of aliphatic carboxylic acids is 1. The van der Waals surface area contributed by atoms with Crippen molar-refractivity contribution in [1.82, 2.24) is 0 Å². The van der Waals surface area contributed by atoms with E-state index in [0.29, 0.717) is 0 Å². The summed E-state index contributed by atoms with van der Waals surface area (Å²) < 4.78 is 4.88. The second kappa shape index (κ2) is 7.65. The van der Waals surface area contributed by atoms with E-state index in [1.165, 1.54) is 18.2 Å². The minimum absolute atomic E-state index is 0.0838. The zero-order valence-electron chi connectivity index (χ0n) is 11.0. The molecule has 0 aliphatic carbocycles. The average molecular weight is 299 g/mol. The number of carboxylic acids is 1. The van der Waals surface area contributed by atoms with Gasteiger partial charge in [0.15, 0.2) is 5.78 Å². The molecule has 0 spiro atoms. The van der Waals surface area contributed by atoms with Crippen LogP contribution in [0.3, 0.4) is 0 Å². The van der Waals surface area contributed by atoms with Gasteiger partial charge in [-0.15, -0.1) is 11.6 Å². The maximum absolute atomic E-state index is 12.0. The van der Waals surface area contributed by atoms with E-state index in [1.54, 1.807) is 6.92 Å². The van der Waals surface area contributed by atoms with Gasteiger partial charge in [-0.05, 0) is 18.6 Å². The standard InChI is InChI=1S/C14H15ClO5/c1-2-20-14(19)10-5-3-4-9(12(16)6-7-15)11(10)8-13(17)18/h3-5H,2,6-8H2,1H3,(H,17,18). The van der Waals surface area contributed by atoms with Gasteiger partial charge in [0.1, 0.15) is 0 Å². The third-order valence-electron chi connectivity index (χ3n) is 2.62. The number of ether oxygens (including phenoxy) is 1. The Balaban J connectivity index is 3.29. The van der Waals surface area contributed by atoms with Crippen LogP contribution in [0, 0.1) is 0 Å². The van der Waals surface area contributed by atoms with Gasteiger partial charge in [-0.25, -0.2) is 4.79 Å². The zero-order chi connectivity index (χ0) is 15.1. The number of Topliss-reactive ketones (excluding diaryl/α,β-unsaturated/α-hetero) is 1. The van der Waals surface area contributed by atoms with Crippen molar-refractivity contribution in [1.29, 1.82) is 0 Å². The van der Waals surface area contributed by atoms with Crippen LogP contribution in [0.4, 0.5) is 0 Å². The first-order valence-corrected chi connectivity index (χ1v) is 6.64. The van der Waals surface area contributed by atoms with Crippen LogP contribution in [0.15, 0.2) is 18.2 Å². The lowest BCUT2D eigenvalue weighted by Crippen LogP contribution is -2.16. The van der Waals surface area contributed by atoms with Crippen LogP contribution in [-0.2, 0) is 16.0 Å². The van der Waals surface area contributed by atoms with Crippen molar-refractivity contribution >= 4 is 29.3 Å².